The topological polar surface area (TPSA) is 86.2 Å². The summed E-state index contributed by atoms with van der Waals surface area (Å²) < 4.78 is 41.9. The highest BCUT2D eigenvalue weighted by molar-refractivity contribution is 7.89. The van der Waals surface area contributed by atoms with Crippen LogP contribution in [-0.4, -0.2) is 13.4 Å². The Labute approximate surface area is 145 Å². The van der Waals surface area contributed by atoms with Crippen molar-refractivity contribution in [3.63, 3.8) is 0 Å². The Balaban J connectivity index is 2.09. The number of aryl methyl sites for hydroxylation is 1. The van der Waals surface area contributed by atoms with Crippen LogP contribution < -0.4 is 5.14 Å². The average Bonchev–Trinajstić information content (AvgIpc) is 2.99. The number of nitrogens with zero attached hydrogens (tertiary/aromatic N) is 1. The fraction of sp³-hybridized carbons (Fsp3) is 0.167. The Bertz CT molecular complexity index is 978. The Hall–Kier alpha value is -2.51. The summed E-state index contributed by atoms with van der Waals surface area (Å²) in [7, 11) is -3.76. The Morgan fingerprint density at radius 3 is 2.20 bits per heavy atom. The van der Waals surface area contributed by atoms with Gasteiger partial charge in [0.15, 0.2) is 11.7 Å². The zero-order valence-corrected chi connectivity index (χ0v) is 14.4. The van der Waals surface area contributed by atoms with Gasteiger partial charge < -0.3 is 4.42 Å². The molecule has 0 saturated carbocycles. The maximum atomic E-state index is 13.2. The van der Waals surface area contributed by atoms with E-state index in [2.05, 4.69) is 4.98 Å². The van der Waals surface area contributed by atoms with Gasteiger partial charge >= 0.3 is 0 Å². The first-order valence-corrected chi connectivity index (χ1v) is 9.32. The normalized spacial score (nSPS) is 11.6. The van der Waals surface area contributed by atoms with Crippen molar-refractivity contribution in [2.45, 2.75) is 24.7 Å². The Kier molecular flexibility index (Phi) is 4.69. The van der Waals surface area contributed by atoms with Gasteiger partial charge in [-0.05, 0) is 55.0 Å². The van der Waals surface area contributed by atoms with Crippen molar-refractivity contribution < 1.29 is 17.2 Å². The minimum Gasteiger partial charge on any atom is -0.440 e. The number of hydrogen-bond acceptors (Lipinski definition) is 4. The number of aromatic nitrogens is 1. The summed E-state index contributed by atoms with van der Waals surface area (Å²) in [6, 6.07) is 12.0. The van der Waals surface area contributed by atoms with Gasteiger partial charge in [-0.15, -0.1) is 0 Å². The fourth-order valence-corrected chi connectivity index (χ4v) is 3.00. The lowest BCUT2D eigenvalue weighted by atomic mass is 10.1. The number of halogens is 1. The number of primary sulfonamides is 1. The first-order chi connectivity index (χ1) is 11.9. The van der Waals surface area contributed by atoms with Crippen LogP contribution in [0.4, 0.5) is 4.39 Å². The van der Waals surface area contributed by atoms with Crippen LogP contribution in [0.3, 0.4) is 0 Å². The quantitative estimate of drug-likeness (QED) is 0.751. The Morgan fingerprint density at radius 1 is 1.04 bits per heavy atom. The highest BCUT2D eigenvalue weighted by Crippen LogP contribution is 2.33. The highest BCUT2D eigenvalue weighted by atomic mass is 32.2. The van der Waals surface area contributed by atoms with Crippen molar-refractivity contribution in [3.8, 4) is 22.6 Å². The van der Waals surface area contributed by atoms with Crippen molar-refractivity contribution in [1.82, 2.24) is 4.98 Å². The molecular weight excluding hydrogens is 343 g/mol. The molecule has 0 atom stereocenters. The van der Waals surface area contributed by atoms with Crippen LogP contribution in [-0.2, 0) is 16.4 Å². The van der Waals surface area contributed by atoms with Crippen molar-refractivity contribution >= 4 is 10.0 Å². The monoisotopic (exact) mass is 360 g/mol. The van der Waals surface area contributed by atoms with Gasteiger partial charge in [0.25, 0.3) is 0 Å². The third kappa shape index (κ3) is 3.78. The molecule has 0 aliphatic rings. The molecule has 0 aliphatic heterocycles. The van der Waals surface area contributed by atoms with Crippen LogP contribution >= 0.6 is 0 Å². The molecule has 0 spiro atoms. The van der Waals surface area contributed by atoms with Gasteiger partial charge in [-0.25, -0.2) is 22.9 Å². The first-order valence-electron chi connectivity index (χ1n) is 7.77. The van der Waals surface area contributed by atoms with E-state index in [9.17, 15) is 12.8 Å². The van der Waals surface area contributed by atoms with E-state index < -0.39 is 10.0 Å². The maximum absolute atomic E-state index is 13.2. The summed E-state index contributed by atoms with van der Waals surface area (Å²) in [6.07, 6.45) is 1.54. The van der Waals surface area contributed by atoms with E-state index >= 15 is 0 Å². The van der Waals surface area contributed by atoms with Gasteiger partial charge in [0, 0.05) is 17.5 Å². The van der Waals surface area contributed by atoms with Crippen molar-refractivity contribution in [1.29, 1.82) is 0 Å². The number of hydrogen-bond donors (Lipinski definition) is 1. The molecule has 1 aromatic heterocycles. The molecule has 25 heavy (non-hydrogen) atoms. The largest absolute Gasteiger partial charge is 0.440 e. The summed E-state index contributed by atoms with van der Waals surface area (Å²) in [5, 5.41) is 5.13. The summed E-state index contributed by atoms with van der Waals surface area (Å²) in [5.74, 6) is 0.753. The number of oxazole rings is 1. The minimum atomic E-state index is -3.76. The van der Waals surface area contributed by atoms with Crippen molar-refractivity contribution in [2.24, 2.45) is 5.14 Å². The third-order valence-electron chi connectivity index (χ3n) is 3.70. The molecule has 3 aromatic rings. The second-order valence-electron chi connectivity index (χ2n) is 5.61. The molecule has 5 nitrogen and oxygen atoms in total. The third-order valence-corrected chi connectivity index (χ3v) is 4.63. The van der Waals surface area contributed by atoms with Crippen LogP contribution in [0, 0.1) is 5.82 Å². The predicted octanol–water partition coefficient (Wildman–Crippen LogP) is 3.75. The van der Waals surface area contributed by atoms with Crippen molar-refractivity contribution in [2.75, 3.05) is 0 Å². The predicted molar refractivity (Wildman–Crippen MR) is 92.7 cm³/mol. The van der Waals surface area contributed by atoms with E-state index in [1.54, 1.807) is 24.3 Å². The molecule has 2 N–H and O–H groups in total. The van der Waals surface area contributed by atoms with E-state index in [-0.39, 0.29) is 10.7 Å². The first kappa shape index (κ1) is 17.3. The van der Waals surface area contributed by atoms with Crippen LogP contribution in [0.25, 0.3) is 22.6 Å². The molecule has 0 unspecified atom stereocenters. The molecule has 3 rings (SSSR count). The van der Waals surface area contributed by atoms with Crippen LogP contribution in [0.5, 0.6) is 0 Å². The van der Waals surface area contributed by atoms with E-state index in [0.29, 0.717) is 29.3 Å². The van der Waals surface area contributed by atoms with E-state index in [4.69, 9.17) is 9.56 Å². The van der Waals surface area contributed by atoms with Gasteiger partial charge in [0.05, 0.1) is 4.90 Å². The van der Waals surface area contributed by atoms with Crippen LogP contribution in [0.2, 0.25) is 0 Å². The van der Waals surface area contributed by atoms with E-state index in [0.717, 1.165) is 12.0 Å². The standard InChI is InChI=1S/C18H17FN2O3S/c1-2-3-16-21-17(12-4-8-14(19)9-5-12)18(24-16)13-6-10-15(11-7-13)25(20,22)23/h4-11H,2-3H2,1H3,(H2,20,22,23). The number of rotatable bonds is 5. The van der Waals surface area contributed by atoms with E-state index in [1.165, 1.54) is 24.3 Å². The molecule has 0 aliphatic carbocycles. The van der Waals surface area contributed by atoms with Gasteiger partial charge in [0.1, 0.15) is 11.5 Å². The minimum absolute atomic E-state index is 0.0212. The number of nitrogens with two attached hydrogens (primary N) is 1. The molecule has 130 valence electrons. The lowest BCUT2D eigenvalue weighted by Crippen LogP contribution is -2.11. The molecule has 2 aromatic carbocycles. The lowest BCUT2D eigenvalue weighted by Gasteiger charge is -2.03. The molecule has 0 saturated heterocycles. The van der Waals surface area contributed by atoms with Gasteiger partial charge in [-0.2, -0.15) is 0 Å². The molecule has 0 amide bonds. The summed E-state index contributed by atoms with van der Waals surface area (Å²) in [4.78, 5) is 4.54. The summed E-state index contributed by atoms with van der Waals surface area (Å²) in [6.45, 7) is 2.02. The highest BCUT2D eigenvalue weighted by Gasteiger charge is 2.17. The zero-order chi connectivity index (χ0) is 18.0. The molecule has 1 heterocycles. The number of sulfonamides is 1. The van der Waals surface area contributed by atoms with Crippen molar-refractivity contribution in [3.05, 3.63) is 60.2 Å². The fourth-order valence-electron chi connectivity index (χ4n) is 2.48. The molecule has 0 fully saturated rings. The number of benzene rings is 2. The van der Waals surface area contributed by atoms with Gasteiger partial charge in [-0.3, -0.25) is 0 Å². The lowest BCUT2D eigenvalue weighted by molar-refractivity contribution is 0.503. The second-order valence-corrected chi connectivity index (χ2v) is 7.17. The summed E-state index contributed by atoms with van der Waals surface area (Å²) >= 11 is 0. The SMILES string of the molecule is CCCc1nc(-c2ccc(F)cc2)c(-c2ccc(S(N)(=O)=O)cc2)o1. The van der Waals surface area contributed by atoms with E-state index in [1.807, 2.05) is 6.92 Å². The second kappa shape index (κ2) is 6.78. The zero-order valence-electron chi connectivity index (χ0n) is 13.6. The summed E-state index contributed by atoms with van der Waals surface area (Å²) in [5.41, 5.74) is 1.98. The molecule has 0 bridgehead atoms. The maximum Gasteiger partial charge on any atom is 0.238 e. The smallest absolute Gasteiger partial charge is 0.238 e. The molecule has 0 radical (unpaired) electrons. The van der Waals surface area contributed by atoms with Crippen LogP contribution in [0.1, 0.15) is 19.2 Å². The molecule has 7 heteroatoms. The average molecular weight is 360 g/mol. The van der Waals surface area contributed by atoms with Gasteiger partial charge in [0.2, 0.25) is 10.0 Å². The molecular formula is C18H17FN2O3S. The van der Waals surface area contributed by atoms with Crippen LogP contribution in [0.15, 0.2) is 57.8 Å². The van der Waals surface area contributed by atoms with Gasteiger partial charge in [-0.1, -0.05) is 6.92 Å². The Morgan fingerprint density at radius 2 is 1.64 bits per heavy atom.